The summed E-state index contributed by atoms with van der Waals surface area (Å²) in [6.45, 7) is 10.3. The Morgan fingerprint density at radius 2 is 1.52 bits per heavy atom. The fraction of sp³-hybridized carbons (Fsp3) is 0.368. The molecule has 2 rings (SSSR count). The molecular weight excluding hydrogens is 256 g/mol. The van der Waals surface area contributed by atoms with Crippen molar-refractivity contribution < 1.29 is 0 Å². The Bertz CT molecular complexity index is 585. The second-order valence-corrected chi connectivity index (χ2v) is 6.01. The maximum Gasteiger partial charge on any atom is 0.0432 e. The average Bonchev–Trinajstić information content (AvgIpc) is 2.48. The van der Waals surface area contributed by atoms with Crippen LogP contribution in [0.1, 0.15) is 36.1 Å². The van der Waals surface area contributed by atoms with Crippen LogP contribution in [0.25, 0.3) is 0 Å². The van der Waals surface area contributed by atoms with Gasteiger partial charge in [-0.3, -0.25) is 0 Å². The van der Waals surface area contributed by atoms with Gasteiger partial charge >= 0.3 is 0 Å². The first-order valence-corrected chi connectivity index (χ1v) is 7.63. The van der Waals surface area contributed by atoms with E-state index >= 15 is 0 Å². The Hall–Kier alpha value is -1.80. The maximum atomic E-state index is 5.68. The number of rotatable bonds is 5. The van der Waals surface area contributed by atoms with Gasteiger partial charge in [0.15, 0.2) is 0 Å². The average molecular weight is 282 g/mol. The zero-order chi connectivity index (χ0) is 15.4. The van der Waals surface area contributed by atoms with Gasteiger partial charge in [-0.05, 0) is 62.1 Å². The molecule has 2 nitrogen and oxygen atoms in total. The van der Waals surface area contributed by atoms with Gasteiger partial charge < -0.3 is 10.6 Å². The number of aryl methyl sites for hydroxylation is 2. The van der Waals surface area contributed by atoms with Crippen molar-refractivity contribution in [1.29, 1.82) is 0 Å². The maximum absolute atomic E-state index is 5.68. The third kappa shape index (κ3) is 3.85. The van der Waals surface area contributed by atoms with Gasteiger partial charge in [0.25, 0.3) is 0 Å². The molecule has 0 saturated heterocycles. The van der Waals surface area contributed by atoms with E-state index in [0.717, 1.165) is 6.54 Å². The van der Waals surface area contributed by atoms with Gasteiger partial charge in [0.05, 0.1) is 0 Å². The molecule has 0 aliphatic heterocycles. The minimum atomic E-state index is 0.454. The Balaban J connectivity index is 2.23. The molecule has 0 radical (unpaired) electrons. The second kappa shape index (κ2) is 6.77. The SMILES string of the molecule is Cc1ccc(CN(c2ccc(CN)cc2)C(C)C)cc1C. The molecule has 2 heteroatoms. The van der Waals surface area contributed by atoms with Crippen molar-refractivity contribution in [3.05, 3.63) is 64.7 Å². The molecule has 0 saturated carbocycles. The van der Waals surface area contributed by atoms with Crippen LogP contribution in [-0.4, -0.2) is 6.04 Å². The number of anilines is 1. The highest BCUT2D eigenvalue weighted by molar-refractivity contribution is 5.49. The standard InChI is InChI=1S/C19H26N2/c1-14(2)21(19-9-7-17(12-20)8-10-19)13-18-6-5-15(3)16(4)11-18/h5-11,14H,12-13,20H2,1-4H3. The van der Waals surface area contributed by atoms with Crippen molar-refractivity contribution in [3.63, 3.8) is 0 Å². The highest BCUT2D eigenvalue weighted by Gasteiger charge is 2.11. The summed E-state index contributed by atoms with van der Waals surface area (Å²) in [4.78, 5) is 2.42. The number of hydrogen-bond donors (Lipinski definition) is 1. The summed E-state index contributed by atoms with van der Waals surface area (Å²) in [6, 6.07) is 15.8. The van der Waals surface area contributed by atoms with E-state index < -0.39 is 0 Å². The number of nitrogens with zero attached hydrogens (tertiary/aromatic N) is 1. The van der Waals surface area contributed by atoms with Crippen LogP contribution in [-0.2, 0) is 13.1 Å². The first-order valence-electron chi connectivity index (χ1n) is 7.63. The summed E-state index contributed by atoms with van der Waals surface area (Å²) in [5, 5.41) is 0. The topological polar surface area (TPSA) is 29.3 Å². The molecule has 112 valence electrons. The molecule has 0 spiro atoms. The van der Waals surface area contributed by atoms with E-state index in [4.69, 9.17) is 5.73 Å². The van der Waals surface area contributed by atoms with Crippen molar-refractivity contribution in [3.8, 4) is 0 Å². The second-order valence-electron chi connectivity index (χ2n) is 6.01. The van der Waals surface area contributed by atoms with Crippen molar-refractivity contribution in [2.45, 2.75) is 46.8 Å². The summed E-state index contributed by atoms with van der Waals surface area (Å²) >= 11 is 0. The summed E-state index contributed by atoms with van der Waals surface area (Å²) < 4.78 is 0. The van der Waals surface area contributed by atoms with E-state index in [2.05, 4.69) is 75.1 Å². The number of benzene rings is 2. The summed E-state index contributed by atoms with van der Waals surface area (Å²) in [5.41, 5.74) is 12.2. The van der Waals surface area contributed by atoms with E-state index in [9.17, 15) is 0 Å². The fourth-order valence-electron chi connectivity index (χ4n) is 2.49. The van der Waals surface area contributed by atoms with Crippen LogP contribution in [0.5, 0.6) is 0 Å². The number of nitrogens with two attached hydrogens (primary N) is 1. The summed E-state index contributed by atoms with van der Waals surface area (Å²) in [5.74, 6) is 0. The highest BCUT2D eigenvalue weighted by atomic mass is 15.1. The van der Waals surface area contributed by atoms with Crippen LogP contribution in [0.2, 0.25) is 0 Å². The highest BCUT2D eigenvalue weighted by Crippen LogP contribution is 2.21. The predicted octanol–water partition coefficient (Wildman–Crippen LogP) is 4.18. The molecule has 0 unspecified atom stereocenters. The van der Waals surface area contributed by atoms with Crippen LogP contribution < -0.4 is 10.6 Å². The normalized spacial score (nSPS) is 11.0. The Labute approximate surface area is 128 Å². The largest absolute Gasteiger partial charge is 0.365 e. The smallest absolute Gasteiger partial charge is 0.0432 e. The van der Waals surface area contributed by atoms with Gasteiger partial charge in [-0.15, -0.1) is 0 Å². The van der Waals surface area contributed by atoms with E-state index in [-0.39, 0.29) is 0 Å². The van der Waals surface area contributed by atoms with Crippen molar-refractivity contribution >= 4 is 5.69 Å². The lowest BCUT2D eigenvalue weighted by Crippen LogP contribution is -2.30. The van der Waals surface area contributed by atoms with Crippen LogP contribution in [0, 0.1) is 13.8 Å². The Morgan fingerprint density at radius 3 is 2.05 bits per heavy atom. The van der Waals surface area contributed by atoms with Crippen molar-refractivity contribution in [2.75, 3.05) is 4.90 Å². The first-order chi connectivity index (χ1) is 10.0. The lowest BCUT2D eigenvalue weighted by atomic mass is 10.1. The van der Waals surface area contributed by atoms with Gasteiger partial charge in [-0.1, -0.05) is 30.3 Å². The van der Waals surface area contributed by atoms with E-state index in [1.165, 1.54) is 27.9 Å². The summed E-state index contributed by atoms with van der Waals surface area (Å²) in [6.07, 6.45) is 0. The van der Waals surface area contributed by atoms with Crippen molar-refractivity contribution in [1.82, 2.24) is 0 Å². The van der Waals surface area contributed by atoms with E-state index in [1.54, 1.807) is 0 Å². The number of hydrogen-bond acceptors (Lipinski definition) is 2. The van der Waals surface area contributed by atoms with Crippen LogP contribution in [0.15, 0.2) is 42.5 Å². The van der Waals surface area contributed by atoms with Gasteiger partial charge in [0, 0.05) is 24.8 Å². The quantitative estimate of drug-likeness (QED) is 0.891. The van der Waals surface area contributed by atoms with E-state index in [1.807, 2.05) is 0 Å². The van der Waals surface area contributed by atoms with E-state index in [0.29, 0.717) is 12.6 Å². The molecule has 0 aliphatic rings. The van der Waals surface area contributed by atoms with Gasteiger partial charge in [-0.25, -0.2) is 0 Å². The molecule has 0 amide bonds. The van der Waals surface area contributed by atoms with Gasteiger partial charge in [0.2, 0.25) is 0 Å². The fourth-order valence-corrected chi connectivity index (χ4v) is 2.49. The third-order valence-electron chi connectivity index (χ3n) is 4.05. The zero-order valence-electron chi connectivity index (χ0n) is 13.6. The van der Waals surface area contributed by atoms with Crippen LogP contribution >= 0.6 is 0 Å². The molecule has 0 heterocycles. The molecule has 0 aromatic heterocycles. The molecule has 2 aromatic carbocycles. The van der Waals surface area contributed by atoms with Crippen LogP contribution in [0.4, 0.5) is 5.69 Å². The minimum Gasteiger partial charge on any atom is -0.365 e. The molecular formula is C19H26N2. The van der Waals surface area contributed by atoms with Gasteiger partial charge in [0.1, 0.15) is 0 Å². The van der Waals surface area contributed by atoms with Gasteiger partial charge in [-0.2, -0.15) is 0 Å². The van der Waals surface area contributed by atoms with Crippen LogP contribution in [0.3, 0.4) is 0 Å². The molecule has 0 aliphatic carbocycles. The molecule has 0 bridgehead atoms. The Kier molecular flexibility index (Phi) is 5.03. The monoisotopic (exact) mass is 282 g/mol. The molecule has 2 aromatic rings. The predicted molar refractivity (Wildman–Crippen MR) is 91.6 cm³/mol. The lowest BCUT2D eigenvalue weighted by Gasteiger charge is -2.29. The minimum absolute atomic E-state index is 0.454. The third-order valence-corrected chi connectivity index (χ3v) is 4.05. The lowest BCUT2D eigenvalue weighted by molar-refractivity contribution is 0.682. The zero-order valence-corrected chi connectivity index (χ0v) is 13.6. The Morgan fingerprint density at radius 1 is 0.905 bits per heavy atom. The molecule has 0 atom stereocenters. The first kappa shape index (κ1) is 15.6. The van der Waals surface area contributed by atoms with Crippen molar-refractivity contribution in [2.24, 2.45) is 5.73 Å². The molecule has 0 fully saturated rings. The molecule has 21 heavy (non-hydrogen) atoms. The molecule has 2 N–H and O–H groups in total. The summed E-state index contributed by atoms with van der Waals surface area (Å²) in [7, 11) is 0.